The first-order chi connectivity index (χ1) is 8.85. The Labute approximate surface area is 111 Å². The van der Waals surface area contributed by atoms with Gasteiger partial charge in [0.25, 0.3) is 0 Å². The number of fused-ring (bicyclic) bond motifs is 1. The molecule has 0 amide bonds. The van der Waals surface area contributed by atoms with Crippen molar-refractivity contribution in [3.8, 4) is 0 Å². The molecule has 0 nitrogen and oxygen atoms in total. The van der Waals surface area contributed by atoms with Crippen molar-refractivity contribution in [3.05, 3.63) is 58.7 Å². The first-order valence-corrected chi connectivity index (χ1v) is 7.30. The molecule has 0 aromatic heterocycles. The molecule has 0 saturated carbocycles. The van der Waals surface area contributed by atoms with Gasteiger partial charge in [-0.2, -0.15) is 0 Å². The highest BCUT2D eigenvalue weighted by Crippen LogP contribution is 2.30. The maximum atomic E-state index is 2.46. The molecular weight excluding hydrogens is 216 g/mol. The van der Waals surface area contributed by atoms with Crippen molar-refractivity contribution in [3.63, 3.8) is 0 Å². The number of hydrogen-bond acceptors (Lipinski definition) is 0. The predicted octanol–water partition coefficient (Wildman–Crippen LogP) is 5.24. The molecule has 0 unspecified atom stereocenters. The minimum Gasteiger partial charge on any atom is -0.0807 e. The maximum absolute atomic E-state index is 2.46. The number of allylic oxidation sites excluding steroid dienone is 4. The molecule has 0 N–H and O–H groups in total. The minimum absolute atomic E-state index is 1.13. The quantitative estimate of drug-likeness (QED) is 0.675. The van der Waals surface area contributed by atoms with E-state index in [2.05, 4.69) is 50.3 Å². The van der Waals surface area contributed by atoms with Crippen molar-refractivity contribution in [1.29, 1.82) is 0 Å². The summed E-state index contributed by atoms with van der Waals surface area (Å²) in [4.78, 5) is 0. The highest BCUT2D eigenvalue weighted by Gasteiger charge is 2.16. The predicted molar refractivity (Wildman–Crippen MR) is 79.8 cm³/mol. The fraction of sp³-hybridized carbons (Fsp3) is 0.444. The fourth-order valence-corrected chi connectivity index (χ4v) is 2.58. The van der Waals surface area contributed by atoms with E-state index in [0.29, 0.717) is 0 Å². The van der Waals surface area contributed by atoms with Crippen LogP contribution in [-0.2, 0) is 12.8 Å². The van der Waals surface area contributed by atoms with Gasteiger partial charge in [0, 0.05) is 0 Å². The van der Waals surface area contributed by atoms with Crippen molar-refractivity contribution < 1.29 is 0 Å². The second-order valence-corrected chi connectivity index (χ2v) is 5.16. The van der Waals surface area contributed by atoms with E-state index in [9.17, 15) is 0 Å². The number of benzene rings is 1. The molecular formula is C18H24. The first kappa shape index (κ1) is 13.1. The maximum Gasteiger partial charge on any atom is -0.00234 e. The minimum atomic E-state index is 1.13. The first-order valence-electron chi connectivity index (χ1n) is 7.30. The van der Waals surface area contributed by atoms with Gasteiger partial charge in [0.05, 0.1) is 0 Å². The smallest absolute Gasteiger partial charge is 0.00234 e. The topological polar surface area (TPSA) is 0 Å². The highest BCUT2D eigenvalue weighted by atomic mass is 14.2. The van der Waals surface area contributed by atoms with Gasteiger partial charge in [-0.05, 0) is 48.0 Å². The zero-order chi connectivity index (χ0) is 12.8. The summed E-state index contributed by atoms with van der Waals surface area (Å²) in [7, 11) is 0. The van der Waals surface area contributed by atoms with Crippen molar-refractivity contribution in [2.75, 3.05) is 0 Å². The molecule has 0 radical (unpaired) electrons. The van der Waals surface area contributed by atoms with E-state index < -0.39 is 0 Å². The molecule has 0 bridgehead atoms. The lowest BCUT2D eigenvalue weighted by molar-refractivity contribution is 0.894. The number of hydrogen-bond donors (Lipinski definition) is 0. The molecule has 2 rings (SSSR count). The Balaban J connectivity index is 2.27. The normalized spacial score (nSPS) is 19.2. The summed E-state index contributed by atoms with van der Waals surface area (Å²) in [5, 5.41) is 0. The molecule has 96 valence electrons. The van der Waals surface area contributed by atoms with Crippen LogP contribution < -0.4 is 0 Å². The van der Waals surface area contributed by atoms with E-state index in [-0.39, 0.29) is 0 Å². The van der Waals surface area contributed by atoms with E-state index in [0.717, 1.165) is 12.8 Å². The number of unbranched alkanes of at least 4 members (excludes halogenated alkanes) is 2. The van der Waals surface area contributed by atoms with Crippen LogP contribution in [0.1, 0.15) is 50.7 Å². The zero-order valence-corrected chi connectivity index (χ0v) is 11.7. The van der Waals surface area contributed by atoms with Crippen LogP contribution in [0.25, 0.3) is 0 Å². The number of rotatable bonds is 4. The third-order valence-electron chi connectivity index (χ3n) is 3.65. The third kappa shape index (κ3) is 3.13. The Bertz CT molecular complexity index is 406. The van der Waals surface area contributed by atoms with E-state index in [1.165, 1.54) is 36.8 Å². The lowest BCUT2D eigenvalue weighted by atomic mass is 9.83. The summed E-state index contributed by atoms with van der Waals surface area (Å²) < 4.78 is 0. The average Bonchev–Trinajstić information content (AvgIpc) is 2.42. The lowest BCUT2D eigenvalue weighted by Gasteiger charge is -2.22. The van der Waals surface area contributed by atoms with Crippen LogP contribution in [0, 0.1) is 0 Å². The Hall–Kier alpha value is -1.30. The molecule has 0 heterocycles. The molecule has 18 heavy (non-hydrogen) atoms. The largest absolute Gasteiger partial charge is 0.0807 e. The van der Waals surface area contributed by atoms with Gasteiger partial charge in [-0.15, -0.1) is 0 Å². The van der Waals surface area contributed by atoms with Gasteiger partial charge < -0.3 is 0 Å². The molecule has 1 aromatic rings. The lowest BCUT2D eigenvalue weighted by Crippen LogP contribution is -2.09. The van der Waals surface area contributed by atoms with Crippen LogP contribution >= 0.6 is 0 Å². The van der Waals surface area contributed by atoms with Gasteiger partial charge in [-0.1, -0.05) is 63.1 Å². The van der Waals surface area contributed by atoms with Gasteiger partial charge in [0.2, 0.25) is 0 Å². The van der Waals surface area contributed by atoms with Crippen LogP contribution in [0.5, 0.6) is 0 Å². The Morgan fingerprint density at radius 3 is 1.67 bits per heavy atom. The average molecular weight is 240 g/mol. The van der Waals surface area contributed by atoms with Crippen LogP contribution in [-0.4, -0.2) is 0 Å². The SMILES string of the molecule is CCC/C=C1/Cc2ccccc2C/C1=C/CCC. The second-order valence-electron chi connectivity index (χ2n) is 5.16. The molecule has 1 aliphatic carbocycles. The summed E-state index contributed by atoms with van der Waals surface area (Å²) in [6.45, 7) is 4.51. The molecule has 0 fully saturated rings. The molecule has 0 heteroatoms. The van der Waals surface area contributed by atoms with Crippen molar-refractivity contribution in [2.24, 2.45) is 0 Å². The summed E-state index contributed by atoms with van der Waals surface area (Å²) in [5.41, 5.74) is 6.19. The van der Waals surface area contributed by atoms with Crippen LogP contribution in [0.2, 0.25) is 0 Å². The van der Waals surface area contributed by atoms with E-state index >= 15 is 0 Å². The standard InChI is InChI=1S/C18H24/c1-3-5-9-15-13-17-11-7-8-12-18(17)14-16(15)10-6-4-2/h7-12H,3-6,13-14H2,1-2H3/b15-9-,16-10-. The molecule has 0 saturated heterocycles. The monoisotopic (exact) mass is 240 g/mol. The third-order valence-corrected chi connectivity index (χ3v) is 3.65. The summed E-state index contributed by atoms with van der Waals surface area (Å²) in [6, 6.07) is 8.89. The van der Waals surface area contributed by atoms with E-state index in [4.69, 9.17) is 0 Å². The molecule has 0 spiro atoms. The molecule has 0 atom stereocenters. The van der Waals surface area contributed by atoms with Gasteiger partial charge >= 0.3 is 0 Å². The van der Waals surface area contributed by atoms with E-state index in [1.54, 1.807) is 11.1 Å². The molecule has 0 aliphatic heterocycles. The Morgan fingerprint density at radius 2 is 1.28 bits per heavy atom. The van der Waals surface area contributed by atoms with Gasteiger partial charge in [0.1, 0.15) is 0 Å². The van der Waals surface area contributed by atoms with Crippen LogP contribution in [0.15, 0.2) is 47.6 Å². The van der Waals surface area contributed by atoms with Crippen molar-refractivity contribution in [2.45, 2.75) is 52.4 Å². The van der Waals surface area contributed by atoms with Gasteiger partial charge in [0.15, 0.2) is 0 Å². The molecule has 1 aliphatic rings. The second kappa shape index (κ2) is 6.58. The van der Waals surface area contributed by atoms with Gasteiger partial charge in [-0.3, -0.25) is 0 Å². The summed E-state index contributed by atoms with van der Waals surface area (Å²) >= 11 is 0. The Morgan fingerprint density at radius 1 is 0.833 bits per heavy atom. The van der Waals surface area contributed by atoms with E-state index in [1.807, 2.05) is 0 Å². The van der Waals surface area contributed by atoms with Crippen molar-refractivity contribution >= 4 is 0 Å². The van der Waals surface area contributed by atoms with Crippen LogP contribution in [0.4, 0.5) is 0 Å². The molecule has 1 aromatic carbocycles. The Kier molecular flexibility index (Phi) is 4.81. The van der Waals surface area contributed by atoms with Crippen LogP contribution in [0.3, 0.4) is 0 Å². The zero-order valence-electron chi connectivity index (χ0n) is 11.7. The summed E-state index contributed by atoms with van der Waals surface area (Å²) in [6.07, 6.45) is 12.1. The van der Waals surface area contributed by atoms with Crippen molar-refractivity contribution in [1.82, 2.24) is 0 Å². The fourth-order valence-electron chi connectivity index (χ4n) is 2.58. The summed E-state index contributed by atoms with van der Waals surface area (Å²) in [5.74, 6) is 0. The van der Waals surface area contributed by atoms with Gasteiger partial charge in [-0.25, -0.2) is 0 Å². The highest BCUT2D eigenvalue weighted by molar-refractivity contribution is 5.47.